The van der Waals surface area contributed by atoms with Crippen molar-refractivity contribution in [3.8, 4) is 0 Å². The van der Waals surface area contributed by atoms with Crippen molar-refractivity contribution in [2.45, 2.75) is 17.3 Å². The van der Waals surface area contributed by atoms with Gasteiger partial charge in [0, 0.05) is 38.2 Å². The highest BCUT2D eigenvalue weighted by molar-refractivity contribution is 7.98. The lowest BCUT2D eigenvalue weighted by Crippen LogP contribution is -2.25. The van der Waals surface area contributed by atoms with Crippen LogP contribution >= 0.6 is 11.8 Å². The van der Waals surface area contributed by atoms with Crippen molar-refractivity contribution >= 4 is 21.8 Å². The van der Waals surface area contributed by atoms with Crippen LogP contribution in [0.3, 0.4) is 0 Å². The Balaban J connectivity index is 1.91. The highest BCUT2D eigenvalue weighted by atomic mass is 32.2. The van der Waals surface area contributed by atoms with E-state index in [1.165, 1.54) is 0 Å². The van der Waals surface area contributed by atoms with Crippen LogP contribution in [-0.2, 0) is 29.2 Å². The van der Waals surface area contributed by atoms with Gasteiger partial charge in [-0.15, -0.1) is 10.2 Å². The summed E-state index contributed by atoms with van der Waals surface area (Å²) in [5, 5.41) is 9.01. The molecule has 114 valence electrons. The van der Waals surface area contributed by atoms with Gasteiger partial charge < -0.3 is 4.57 Å². The van der Waals surface area contributed by atoms with Crippen LogP contribution in [0.4, 0.5) is 0 Å². The summed E-state index contributed by atoms with van der Waals surface area (Å²) in [6.07, 6.45) is 5.20. The third kappa shape index (κ3) is 5.10. The van der Waals surface area contributed by atoms with Gasteiger partial charge in [-0.25, -0.2) is 13.1 Å². The maximum Gasteiger partial charge on any atom is 0.208 e. The van der Waals surface area contributed by atoms with Crippen molar-refractivity contribution in [1.82, 2.24) is 24.5 Å². The molecule has 7 nitrogen and oxygen atoms in total. The van der Waals surface area contributed by atoms with E-state index in [-0.39, 0.29) is 0 Å². The minimum Gasteiger partial charge on any atom is -0.309 e. The Kier molecular flexibility index (Phi) is 5.32. The van der Waals surface area contributed by atoms with Crippen LogP contribution < -0.4 is 4.72 Å². The second-order valence-corrected chi connectivity index (χ2v) is 7.30. The predicted octanol–water partition coefficient (Wildman–Crippen LogP) is 0.594. The molecule has 0 spiro atoms. The van der Waals surface area contributed by atoms with Gasteiger partial charge in [-0.3, -0.25) is 4.98 Å². The van der Waals surface area contributed by atoms with Gasteiger partial charge in [0.15, 0.2) is 5.16 Å². The van der Waals surface area contributed by atoms with Gasteiger partial charge in [0.1, 0.15) is 5.82 Å². The van der Waals surface area contributed by atoms with Gasteiger partial charge in [0.25, 0.3) is 0 Å². The van der Waals surface area contributed by atoms with Crippen molar-refractivity contribution in [2.24, 2.45) is 7.05 Å². The van der Waals surface area contributed by atoms with Crippen LogP contribution in [0.2, 0.25) is 0 Å². The van der Waals surface area contributed by atoms with Gasteiger partial charge >= 0.3 is 0 Å². The number of thioether (sulfide) groups is 1. The van der Waals surface area contributed by atoms with Gasteiger partial charge in [-0.05, 0) is 11.6 Å². The summed E-state index contributed by atoms with van der Waals surface area (Å²) in [7, 11) is -1.29. The second kappa shape index (κ2) is 7.01. The van der Waals surface area contributed by atoms with Crippen LogP contribution in [0.25, 0.3) is 0 Å². The zero-order chi connectivity index (χ0) is 15.3. The summed E-state index contributed by atoms with van der Waals surface area (Å²) in [6.45, 7) is 0.318. The Hall–Kier alpha value is -1.45. The Morgan fingerprint density at radius 2 is 2.19 bits per heavy atom. The lowest BCUT2D eigenvalue weighted by atomic mass is 10.3. The van der Waals surface area contributed by atoms with Crippen molar-refractivity contribution in [2.75, 3.05) is 12.8 Å². The van der Waals surface area contributed by atoms with E-state index in [0.29, 0.717) is 13.0 Å². The number of pyridine rings is 1. The molecule has 0 aliphatic heterocycles. The molecular weight excluding hydrogens is 310 g/mol. The summed E-state index contributed by atoms with van der Waals surface area (Å²) in [5.74, 6) is 1.52. The molecule has 2 aromatic rings. The first-order chi connectivity index (χ1) is 9.96. The van der Waals surface area contributed by atoms with Gasteiger partial charge in [0.2, 0.25) is 10.0 Å². The van der Waals surface area contributed by atoms with Crippen LogP contribution in [0.5, 0.6) is 0 Å². The third-order valence-corrected chi connectivity index (χ3v) is 4.55. The highest BCUT2D eigenvalue weighted by Crippen LogP contribution is 2.20. The van der Waals surface area contributed by atoms with E-state index < -0.39 is 10.0 Å². The maximum absolute atomic E-state index is 11.0. The first-order valence-corrected chi connectivity index (χ1v) is 9.18. The molecule has 0 radical (unpaired) electrons. The minimum absolute atomic E-state index is 0.318. The molecule has 0 fully saturated rings. The maximum atomic E-state index is 11.0. The van der Waals surface area contributed by atoms with Crippen molar-refractivity contribution in [1.29, 1.82) is 0 Å². The SMILES string of the molecule is Cn1c(CCNS(C)(=O)=O)nnc1SCc1cccnc1. The molecule has 0 atom stereocenters. The average Bonchev–Trinajstić information content (AvgIpc) is 2.78. The number of hydrogen-bond acceptors (Lipinski definition) is 6. The number of rotatable bonds is 7. The Morgan fingerprint density at radius 3 is 2.86 bits per heavy atom. The van der Waals surface area contributed by atoms with E-state index in [1.807, 2.05) is 29.9 Å². The predicted molar refractivity (Wildman–Crippen MR) is 81.4 cm³/mol. The lowest BCUT2D eigenvalue weighted by molar-refractivity contribution is 0.585. The summed E-state index contributed by atoms with van der Waals surface area (Å²) in [6, 6.07) is 3.90. The smallest absolute Gasteiger partial charge is 0.208 e. The first-order valence-electron chi connectivity index (χ1n) is 6.30. The number of nitrogens with zero attached hydrogens (tertiary/aromatic N) is 4. The molecule has 0 bridgehead atoms. The number of hydrogen-bond donors (Lipinski definition) is 1. The van der Waals surface area contributed by atoms with Crippen molar-refractivity contribution in [3.63, 3.8) is 0 Å². The van der Waals surface area contributed by atoms with E-state index in [4.69, 9.17) is 0 Å². The van der Waals surface area contributed by atoms with Crippen molar-refractivity contribution < 1.29 is 8.42 Å². The molecule has 1 N–H and O–H groups in total. The average molecular weight is 327 g/mol. The molecule has 0 unspecified atom stereocenters. The van der Waals surface area contributed by atoms with E-state index in [0.717, 1.165) is 28.6 Å². The van der Waals surface area contributed by atoms with E-state index in [1.54, 1.807) is 18.0 Å². The molecule has 0 amide bonds. The van der Waals surface area contributed by atoms with Gasteiger partial charge in [-0.2, -0.15) is 0 Å². The van der Waals surface area contributed by atoms with Crippen LogP contribution in [0.15, 0.2) is 29.7 Å². The summed E-state index contributed by atoms with van der Waals surface area (Å²) >= 11 is 1.57. The molecule has 0 saturated heterocycles. The van der Waals surface area contributed by atoms with Crippen LogP contribution in [0, 0.1) is 0 Å². The molecule has 21 heavy (non-hydrogen) atoms. The number of aromatic nitrogens is 4. The second-order valence-electron chi connectivity index (χ2n) is 4.52. The topological polar surface area (TPSA) is 89.8 Å². The molecule has 0 aliphatic carbocycles. The quantitative estimate of drug-likeness (QED) is 0.749. The fourth-order valence-electron chi connectivity index (χ4n) is 1.67. The Bertz CT molecular complexity index is 685. The molecule has 2 aromatic heterocycles. The Morgan fingerprint density at radius 1 is 1.38 bits per heavy atom. The molecule has 9 heteroatoms. The van der Waals surface area contributed by atoms with Gasteiger partial charge in [0.05, 0.1) is 6.26 Å². The van der Waals surface area contributed by atoms with Crippen LogP contribution in [-0.4, -0.2) is 41.0 Å². The monoisotopic (exact) mass is 327 g/mol. The normalized spacial score (nSPS) is 11.7. The molecular formula is C12H17N5O2S2. The minimum atomic E-state index is -3.17. The first kappa shape index (κ1) is 15.9. The third-order valence-electron chi connectivity index (χ3n) is 2.73. The molecule has 2 heterocycles. The van der Waals surface area contributed by atoms with E-state index >= 15 is 0 Å². The van der Waals surface area contributed by atoms with E-state index in [9.17, 15) is 8.42 Å². The van der Waals surface area contributed by atoms with E-state index in [2.05, 4.69) is 19.9 Å². The van der Waals surface area contributed by atoms with Crippen molar-refractivity contribution in [3.05, 3.63) is 35.9 Å². The molecule has 2 rings (SSSR count). The van der Waals surface area contributed by atoms with Gasteiger partial charge in [-0.1, -0.05) is 17.8 Å². The molecule has 0 aliphatic rings. The van der Waals surface area contributed by atoms with Crippen LogP contribution in [0.1, 0.15) is 11.4 Å². The fraction of sp³-hybridized carbons (Fsp3) is 0.417. The highest BCUT2D eigenvalue weighted by Gasteiger charge is 2.10. The summed E-state index contributed by atoms with van der Waals surface area (Å²) in [5.41, 5.74) is 1.12. The summed E-state index contributed by atoms with van der Waals surface area (Å²) in [4.78, 5) is 4.07. The summed E-state index contributed by atoms with van der Waals surface area (Å²) < 4.78 is 26.3. The zero-order valence-electron chi connectivity index (χ0n) is 11.9. The number of sulfonamides is 1. The Labute approximate surface area is 128 Å². The largest absolute Gasteiger partial charge is 0.309 e. The fourth-order valence-corrected chi connectivity index (χ4v) is 3.01. The molecule has 0 aromatic carbocycles. The number of nitrogens with one attached hydrogen (secondary N) is 1. The lowest BCUT2D eigenvalue weighted by Gasteiger charge is -2.04. The molecule has 0 saturated carbocycles. The zero-order valence-corrected chi connectivity index (χ0v) is 13.5. The standard InChI is InChI=1S/C12H17N5O2S2/c1-17-11(5-7-14-21(2,18)19)15-16-12(17)20-9-10-4-3-6-13-8-10/h3-4,6,8,14H,5,7,9H2,1-2H3.